The SMILES string of the molecule is Cc1cc(-c2nc(C(=O)N[C@H](C)c3ccccn3)c(N)nc2-c2ccccc2)cc(Cl)n1. The first-order valence-electron chi connectivity index (χ1n) is 10.0. The molecule has 8 heteroatoms. The molecule has 4 aromatic rings. The van der Waals surface area contributed by atoms with Gasteiger partial charge in [-0.05, 0) is 38.1 Å². The van der Waals surface area contributed by atoms with E-state index >= 15 is 0 Å². The normalized spacial score (nSPS) is 11.7. The fourth-order valence-electron chi connectivity index (χ4n) is 3.35. The fourth-order valence-corrected chi connectivity index (χ4v) is 3.60. The Balaban J connectivity index is 1.80. The van der Waals surface area contributed by atoms with Gasteiger partial charge in [0.15, 0.2) is 11.5 Å². The minimum absolute atomic E-state index is 0.0352. The number of nitrogens with one attached hydrogen (secondary N) is 1. The Kier molecular flexibility index (Phi) is 6.09. The van der Waals surface area contributed by atoms with Gasteiger partial charge in [0, 0.05) is 23.0 Å². The number of hydrogen-bond acceptors (Lipinski definition) is 6. The molecular weight excluding hydrogens is 424 g/mol. The molecular formula is C24H21ClN6O. The molecule has 3 heterocycles. The minimum atomic E-state index is -0.439. The second-order valence-corrected chi connectivity index (χ2v) is 7.68. The molecule has 0 unspecified atom stereocenters. The van der Waals surface area contributed by atoms with Crippen LogP contribution < -0.4 is 11.1 Å². The van der Waals surface area contributed by atoms with Crippen molar-refractivity contribution in [3.63, 3.8) is 0 Å². The molecule has 0 aliphatic carbocycles. The van der Waals surface area contributed by atoms with Gasteiger partial charge in [-0.1, -0.05) is 48.0 Å². The van der Waals surface area contributed by atoms with Crippen LogP contribution in [-0.4, -0.2) is 25.8 Å². The van der Waals surface area contributed by atoms with Gasteiger partial charge in [-0.3, -0.25) is 9.78 Å². The Morgan fingerprint density at radius 2 is 1.69 bits per heavy atom. The van der Waals surface area contributed by atoms with Crippen LogP contribution in [0.15, 0.2) is 66.9 Å². The van der Waals surface area contributed by atoms with Gasteiger partial charge in [0.25, 0.3) is 5.91 Å². The van der Waals surface area contributed by atoms with E-state index in [2.05, 4.69) is 25.3 Å². The molecule has 3 N–H and O–H groups in total. The Hall–Kier alpha value is -3.84. The molecule has 4 rings (SSSR count). The third kappa shape index (κ3) is 4.58. The lowest BCUT2D eigenvalue weighted by atomic mass is 10.0. The summed E-state index contributed by atoms with van der Waals surface area (Å²) >= 11 is 6.20. The summed E-state index contributed by atoms with van der Waals surface area (Å²) in [5.41, 5.74) is 10.2. The molecule has 160 valence electrons. The summed E-state index contributed by atoms with van der Waals surface area (Å²) < 4.78 is 0. The Labute approximate surface area is 190 Å². The van der Waals surface area contributed by atoms with Crippen molar-refractivity contribution >= 4 is 23.3 Å². The second kappa shape index (κ2) is 9.11. The molecule has 32 heavy (non-hydrogen) atoms. The van der Waals surface area contributed by atoms with Gasteiger partial charge in [-0.2, -0.15) is 0 Å². The number of nitrogens with zero attached hydrogens (tertiary/aromatic N) is 4. The number of carbonyl (C=O) groups excluding carboxylic acids is 1. The van der Waals surface area contributed by atoms with E-state index in [1.54, 1.807) is 12.3 Å². The third-order valence-electron chi connectivity index (χ3n) is 4.86. The summed E-state index contributed by atoms with van der Waals surface area (Å²) in [7, 11) is 0. The average molecular weight is 445 g/mol. The van der Waals surface area contributed by atoms with Gasteiger partial charge in [-0.25, -0.2) is 15.0 Å². The number of aromatic nitrogens is 4. The number of halogens is 1. The zero-order chi connectivity index (χ0) is 22.7. The van der Waals surface area contributed by atoms with E-state index in [0.717, 1.165) is 17.0 Å². The average Bonchev–Trinajstić information content (AvgIpc) is 2.79. The lowest BCUT2D eigenvalue weighted by Crippen LogP contribution is -2.29. The van der Waals surface area contributed by atoms with Crippen LogP contribution in [0.2, 0.25) is 5.15 Å². The number of anilines is 1. The highest BCUT2D eigenvalue weighted by atomic mass is 35.5. The molecule has 1 aromatic carbocycles. The molecule has 0 bridgehead atoms. The minimum Gasteiger partial charge on any atom is -0.382 e. The van der Waals surface area contributed by atoms with Crippen molar-refractivity contribution in [2.75, 3.05) is 5.73 Å². The monoisotopic (exact) mass is 444 g/mol. The van der Waals surface area contributed by atoms with Crippen LogP contribution >= 0.6 is 11.6 Å². The number of rotatable bonds is 5. The van der Waals surface area contributed by atoms with E-state index in [1.807, 2.05) is 68.4 Å². The summed E-state index contributed by atoms with van der Waals surface area (Å²) in [5, 5.41) is 3.22. The summed E-state index contributed by atoms with van der Waals surface area (Å²) in [6.07, 6.45) is 1.68. The van der Waals surface area contributed by atoms with Crippen LogP contribution in [0.4, 0.5) is 5.82 Å². The van der Waals surface area contributed by atoms with Crippen molar-refractivity contribution < 1.29 is 4.79 Å². The van der Waals surface area contributed by atoms with Gasteiger partial charge in [0.2, 0.25) is 0 Å². The van der Waals surface area contributed by atoms with E-state index in [9.17, 15) is 4.79 Å². The summed E-state index contributed by atoms with van der Waals surface area (Å²) in [4.78, 5) is 30.8. The standard InChI is InChI=1S/C24H21ClN6O/c1-14-12-17(13-19(25)28-14)21-20(16-8-4-3-5-9-16)31-23(26)22(30-21)24(32)29-15(2)18-10-6-7-11-27-18/h3-13,15H,1-2H3,(H2,26,31)(H,29,32)/t15-/m1/s1. The first-order valence-corrected chi connectivity index (χ1v) is 10.4. The Bertz CT molecular complexity index is 1240. The number of nitrogens with two attached hydrogens (primary N) is 1. The Morgan fingerprint density at radius 3 is 2.38 bits per heavy atom. The van der Waals surface area contributed by atoms with Crippen LogP contribution in [0.25, 0.3) is 22.5 Å². The molecule has 0 aliphatic heterocycles. The summed E-state index contributed by atoms with van der Waals surface area (Å²) in [6, 6.07) is 18.2. The van der Waals surface area contributed by atoms with Crippen LogP contribution in [0.3, 0.4) is 0 Å². The number of carbonyl (C=O) groups is 1. The summed E-state index contributed by atoms with van der Waals surface area (Å²) in [5.74, 6) is -0.402. The molecule has 1 amide bonds. The molecule has 0 saturated heterocycles. The van der Waals surface area contributed by atoms with Crippen molar-refractivity contribution in [3.8, 4) is 22.5 Å². The highest BCUT2D eigenvalue weighted by molar-refractivity contribution is 6.29. The first-order chi connectivity index (χ1) is 15.4. The maximum absolute atomic E-state index is 13.1. The molecule has 1 atom stereocenters. The zero-order valence-electron chi connectivity index (χ0n) is 17.6. The quantitative estimate of drug-likeness (QED) is 0.434. The number of benzene rings is 1. The van der Waals surface area contributed by atoms with E-state index < -0.39 is 5.91 Å². The Morgan fingerprint density at radius 1 is 0.969 bits per heavy atom. The van der Waals surface area contributed by atoms with Crippen molar-refractivity contribution in [1.82, 2.24) is 25.3 Å². The predicted octanol–water partition coefficient (Wildman–Crippen LogP) is 4.64. The molecule has 3 aromatic heterocycles. The highest BCUT2D eigenvalue weighted by Crippen LogP contribution is 2.32. The van der Waals surface area contributed by atoms with Crippen molar-refractivity contribution in [2.24, 2.45) is 0 Å². The van der Waals surface area contributed by atoms with E-state index in [4.69, 9.17) is 17.3 Å². The van der Waals surface area contributed by atoms with Crippen LogP contribution in [-0.2, 0) is 0 Å². The molecule has 7 nitrogen and oxygen atoms in total. The molecule has 0 aliphatic rings. The smallest absolute Gasteiger partial charge is 0.274 e. The van der Waals surface area contributed by atoms with Crippen LogP contribution in [0.5, 0.6) is 0 Å². The van der Waals surface area contributed by atoms with Crippen molar-refractivity contribution in [2.45, 2.75) is 19.9 Å². The maximum atomic E-state index is 13.1. The van der Waals surface area contributed by atoms with Crippen molar-refractivity contribution in [3.05, 3.63) is 89.1 Å². The van der Waals surface area contributed by atoms with E-state index in [1.165, 1.54) is 0 Å². The number of amides is 1. The van der Waals surface area contributed by atoms with Gasteiger partial charge >= 0.3 is 0 Å². The third-order valence-corrected chi connectivity index (χ3v) is 5.05. The molecule has 0 fully saturated rings. The van der Waals surface area contributed by atoms with Crippen molar-refractivity contribution in [1.29, 1.82) is 0 Å². The lowest BCUT2D eigenvalue weighted by Gasteiger charge is -2.16. The molecule has 0 radical (unpaired) electrons. The van der Waals surface area contributed by atoms with Crippen LogP contribution in [0.1, 0.15) is 34.8 Å². The van der Waals surface area contributed by atoms with Gasteiger partial charge < -0.3 is 11.1 Å². The second-order valence-electron chi connectivity index (χ2n) is 7.29. The molecule has 0 spiro atoms. The van der Waals surface area contributed by atoms with Gasteiger partial charge in [0.1, 0.15) is 5.15 Å². The fraction of sp³-hybridized carbons (Fsp3) is 0.125. The number of pyridine rings is 2. The zero-order valence-corrected chi connectivity index (χ0v) is 18.3. The topological polar surface area (TPSA) is 107 Å². The predicted molar refractivity (Wildman–Crippen MR) is 125 cm³/mol. The first kappa shape index (κ1) is 21.4. The number of aryl methyl sites for hydroxylation is 1. The highest BCUT2D eigenvalue weighted by Gasteiger charge is 2.22. The van der Waals surface area contributed by atoms with Crippen LogP contribution in [0, 0.1) is 6.92 Å². The lowest BCUT2D eigenvalue weighted by molar-refractivity contribution is 0.0935. The van der Waals surface area contributed by atoms with E-state index in [-0.39, 0.29) is 17.6 Å². The number of nitrogen functional groups attached to an aromatic ring is 1. The van der Waals surface area contributed by atoms with Gasteiger partial charge in [0.05, 0.1) is 23.1 Å². The van der Waals surface area contributed by atoms with E-state index in [0.29, 0.717) is 22.1 Å². The maximum Gasteiger partial charge on any atom is 0.274 e. The molecule has 0 saturated carbocycles. The number of hydrogen-bond donors (Lipinski definition) is 2. The summed E-state index contributed by atoms with van der Waals surface area (Å²) in [6.45, 7) is 3.68. The largest absolute Gasteiger partial charge is 0.382 e. The van der Waals surface area contributed by atoms with Gasteiger partial charge in [-0.15, -0.1) is 0 Å².